The summed E-state index contributed by atoms with van der Waals surface area (Å²) in [4.78, 5) is 12.0. The lowest BCUT2D eigenvalue weighted by Gasteiger charge is -2.10. The molecule has 0 unspecified atom stereocenters. The Labute approximate surface area is 130 Å². The van der Waals surface area contributed by atoms with Crippen LogP contribution in [-0.4, -0.2) is 15.7 Å². The molecule has 2 aromatic rings. The molecule has 0 aliphatic carbocycles. The Balaban J connectivity index is 1.88. The number of nitrogens with zero attached hydrogens (tertiary/aromatic N) is 3. The van der Waals surface area contributed by atoms with Crippen LogP contribution in [0.15, 0.2) is 36.5 Å². The Morgan fingerprint density at radius 2 is 2.05 bits per heavy atom. The minimum absolute atomic E-state index is 0.0325. The molecular formula is C17H20N4O. The van der Waals surface area contributed by atoms with Gasteiger partial charge in [0.05, 0.1) is 17.8 Å². The molecule has 0 aliphatic heterocycles. The van der Waals surface area contributed by atoms with Crippen LogP contribution in [0.1, 0.15) is 31.4 Å². The number of hydrogen-bond donors (Lipinski definition) is 1. The number of rotatable bonds is 6. The van der Waals surface area contributed by atoms with Crippen molar-refractivity contribution in [3.05, 3.63) is 47.7 Å². The van der Waals surface area contributed by atoms with Crippen LogP contribution in [0, 0.1) is 17.2 Å². The Kier molecular flexibility index (Phi) is 5.31. The molecule has 0 bridgehead atoms. The quantitative estimate of drug-likeness (QED) is 0.890. The molecule has 1 aromatic heterocycles. The fourth-order valence-corrected chi connectivity index (χ4v) is 2.14. The van der Waals surface area contributed by atoms with E-state index in [1.165, 1.54) is 0 Å². The normalized spacial score (nSPS) is 10.5. The van der Waals surface area contributed by atoms with Crippen LogP contribution >= 0.6 is 0 Å². The van der Waals surface area contributed by atoms with E-state index < -0.39 is 0 Å². The Morgan fingerprint density at radius 1 is 1.32 bits per heavy atom. The number of aryl methyl sites for hydroxylation is 1. The van der Waals surface area contributed by atoms with Gasteiger partial charge in [0, 0.05) is 19.0 Å². The van der Waals surface area contributed by atoms with Crippen LogP contribution in [0.5, 0.6) is 0 Å². The smallest absolute Gasteiger partial charge is 0.225 e. The van der Waals surface area contributed by atoms with Crippen molar-refractivity contribution in [3.8, 4) is 6.07 Å². The van der Waals surface area contributed by atoms with Crippen LogP contribution in [0.4, 0.5) is 5.82 Å². The summed E-state index contributed by atoms with van der Waals surface area (Å²) >= 11 is 0. The highest BCUT2D eigenvalue weighted by atomic mass is 16.1. The van der Waals surface area contributed by atoms with E-state index in [9.17, 15) is 4.79 Å². The van der Waals surface area contributed by atoms with Crippen LogP contribution < -0.4 is 5.32 Å². The molecule has 0 saturated heterocycles. The Morgan fingerprint density at radius 3 is 2.68 bits per heavy atom. The van der Waals surface area contributed by atoms with Crippen LogP contribution in [0.2, 0.25) is 0 Å². The number of aromatic nitrogens is 2. The van der Waals surface area contributed by atoms with E-state index in [0.717, 1.165) is 17.9 Å². The maximum Gasteiger partial charge on any atom is 0.225 e. The average Bonchev–Trinajstić information content (AvgIpc) is 2.92. The molecule has 1 N–H and O–H groups in total. The Hall–Kier alpha value is -2.61. The number of benzene rings is 1. The van der Waals surface area contributed by atoms with E-state index >= 15 is 0 Å². The molecule has 5 nitrogen and oxygen atoms in total. The fraction of sp³-hybridized carbons (Fsp3) is 0.353. The third-order valence-electron chi connectivity index (χ3n) is 3.25. The lowest BCUT2D eigenvalue weighted by Crippen LogP contribution is -2.17. The van der Waals surface area contributed by atoms with Crippen molar-refractivity contribution in [2.45, 2.75) is 33.2 Å². The maximum atomic E-state index is 12.0. The van der Waals surface area contributed by atoms with Crippen molar-refractivity contribution in [2.24, 2.45) is 5.92 Å². The average molecular weight is 296 g/mol. The van der Waals surface area contributed by atoms with Gasteiger partial charge in [-0.25, -0.2) is 4.68 Å². The van der Waals surface area contributed by atoms with Crippen molar-refractivity contribution < 1.29 is 4.79 Å². The van der Waals surface area contributed by atoms with E-state index in [1.807, 2.05) is 22.9 Å². The highest BCUT2D eigenvalue weighted by molar-refractivity contribution is 5.89. The van der Waals surface area contributed by atoms with E-state index in [2.05, 4.69) is 30.3 Å². The van der Waals surface area contributed by atoms with E-state index in [0.29, 0.717) is 24.3 Å². The minimum Gasteiger partial charge on any atom is -0.311 e. The van der Waals surface area contributed by atoms with Gasteiger partial charge in [-0.3, -0.25) is 4.79 Å². The summed E-state index contributed by atoms with van der Waals surface area (Å²) in [5, 5.41) is 15.9. The zero-order valence-electron chi connectivity index (χ0n) is 12.9. The predicted octanol–water partition coefficient (Wildman–Crippen LogP) is 2.98. The first-order valence-electron chi connectivity index (χ1n) is 7.39. The maximum absolute atomic E-state index is 12.0. The van der Waals surface area contributed by atoms with Gasteiger partial charge in [-0.05, 0) is 30.0 Å². The molecule has 2 rings (SSSR count). The summed E-state index contributed by atoms with van der Waals surface area (Å²) < 4.78 is 1.81. The molecule has 22 heavy (non-hydrogen) atoms. The van der Waals surface area contributed by atoms with Crippen molar-refractivity contribution in [2.75, 3.05) is 5.32 Å². The number of anilines is 1. The molecule has 1 amide bonds. The number of nitriles is 1. The number of carbonyl (C=O) groups is 1. The zero-order chi connectivity index (χ0) is 15.9. The standard InChI is InChI=1S/C17H20N4O/c1-13(2)12-21-16(9-10-19-21)20-17(22)8-7-14-3-5-15(11-18)6-4-14/h3-6,9-10,13H,7-8,12H2,1-2H3,(H,20,22). The van der Waals surface area contributed by atoms with Gasteiger partial charge in [0.1, 0.15) is 5.82 Å². The lowest BCUT2D eigenvalue weighted by molar-refractivity contribution is -0.116. The number of carbonyl (C=O) groups excluding carboxylic acids is 1. The molecule has 114 valence electrons. The first-order valence-corrected chi connectivity index (χ1v) is 7.39. The van der Waals surface area contributed by atoms with E-state index in [-0.39, 0.29) is 5.91 Å². The van der Waals surface area contributed by atoms with Gasteiger partial charge >= 0.3 is 0 Å². The number of amides is 1. The molecule has 5 heteroatoms. The second-order valence-corrected chi connectivity index (χ2v) is 5.65. The Bertz CT molecular complexity index is 665. The fourth-order valence-electron chi connectivity index (χ4n) is 2.14. The summed E-state index contributed by atoms with van der Waals surface area (Å²) in [7, 11) is 0. The van der Waals surface area contributed by atoms with E-state index in [1.54, 1.807) is 18.3 Å². The summed E-state index contributed by atoms with van der Waals surface area (Å²) in [6, 6.07) is 11.2. The van der Waals surface area contributed by atoms with Gasteiger partial charge in [0.25, 0.3) is 0 Å². The molecular weight excluding hydrogens is 276 g/mol. The first kappa shape index (κ1) is 15.8. The molecule has 0 spiro atoms. The predicted molar refractivity (Wildman–Crippen MR) is 85.2 cm³/mol. The SMILES string of the molecule is CC(C)Cn1nccc1NC(=O)CCc1ccc(C#N)cc1. The van der Waals surface area contributed by atoms with Gasteiger partial charge in [0.2, 0.25) is 5.91 Å². The highest BCUT2D eigenvalue weighted by Crippen LogP contribution is 2.11. The minimum atomic E-state index is -0.0325. The van der Waals surface area contributed by atoms with Crippen molar-refractivity contribution in [1.82, 2.24) is 9.78 Å². The summed E-state index contributed by atoms with van der Waals surface area (Å²) in [5.41, 5.74) is 1.68. The highest BCUT2D eigenvalue weighted by Gasteiger charge is 2.08. The van der Waals surface area contributed by atoms with Crippen LogP contribution in [0.3, 0.4) is 0 Å². The molecule has 1 heterocycles. The third kappa shape index (κ3) is 4.45. The second-order valence-electron chi connectivity index (χ2n) is 5.65. The third-order valence-corrected chi connectivity index (χ3v) is 3.25. The van der Waals surface area contributed by atoms with Crippen LogP contribution in [0.25, 0.3) is 0 Å². The zero-order valence-corrected chi connectivity index (χ0v) is 12.9. The summed E-state index contributed by atoms with van der Waals surface area (Å²) in [6.45, 7) is 4.99. The largest absolute Gasteiger partial charge is 0.311 e. The van der Waals surface area contributed by atoms with Gasteiger partial charge in [0.15, 0.2) is 0 Å². The van der Waals surface area contributed by atoms with E-state index in [4.69, 9.17) is 5.26 Å². The molecule has 0 aliphatic rings. The molecule has 0 saturated carbocycles. The van der Waals surface area contributed by atoms with Crippen molar-refractivity contribution in [1.29, 1.82) is 5.26 Å². The van der Waals surface area contributed by atoms with Crippen molar-refractivity contribution in [3.63, 3.8) is 0 Å². The van der Waals surface area contributed by atoms with Gasteiger partial charge in [-0.1, -0.05) is 26.0 Å². The molecule has 0 atom stereocenters. The summed E-state index contributed by atoms with van der Waals surface area (Å²) in [5.74, 6) is 1.17. The number of hydrogen-bond acceptors (Lipinski definition) is 3. The topological polar surface area (TPSA) is 70.7 Å². The second kappa shape index (κ2) is 7.41. The lowest BCUT2D eigenvalue weighted by atomic mass is 10.1. The molecule has 0 radical (unpaired) electrons. The molecule has 0 fully saturated rings. The van der Waals surface area contributed by atoms with Gasteiger partial charge in [-0.2, -0.15) is 10.4 Å². The van der Waals surface area contributed by atoms with Gasteiger partial charge in [-0.15, -0.1) is 0 Å². The molecule has 1 aromatic carbocycles. The monoisotopic (exact) mass is 296 g/mol. The van der Waals surface area contributed by atoms with Crippen molar-refractivity contribution >= 4 is 11.7 Å². The van der Waals surface area contributed by atoms with Crippen LogP contribution in [-0.2, 0) is 17.8 Å². The number of nitrogens with one attached hydrogen (secondary N) is 1. The summed E-state index contributed by atoms with van der Waals surface area (Å²) in [6.07, 6.45) is 2.74. The first-order chi connectivity index (χ1) is 10.6. The van der Waals surface area contributed by atoms with Gasteiger partial charge < -0.3 is 5.32 Å².